The topological polar surface area (TPSA) is 94.8 Å². The van der Waals surface area contributed by atoms with Crippen LogP contribution in [0, 0.1) is 0 Å². The molecular weight excluding hydrogens is 418 g/mol. The molecule has 0 aliphatic carbocycles. The standard InChI is InChI=1S/C22H23N3O5S/c1-14(20-23-24-21(30-20)15-9-11-16(28-4)12-10-15)29-22(27)17-7-5-6-8-18(17)31-13-19(26)25(2)3/h5-12,14H,13H2,1-4H3. The van der Waals surface area contributed by atoms with Gasteiger partial charge >= 0.3 is 5.97 Å². The Balaban J connectivity index is 1.68. The lowest BCUT2D eigenvalue weighted by atomic mass is 10.2. The zero-order valence-corrected chi connectivity index (χ0v) is 18.5. The zero-order valence-electron chi connectivity index (χ0n) is 17.7. The SMILES string of the molecule is COc1ccc(-c2nnc(C(C)OC(=O)c3ccccc3SCC(=O)N(C)C)o2)cc1. The third-order valence-electron chi connectivity index (χ3n) is 4.37. The average Bonchev–Trinajstić information content (AvgIpc) is 3.28. The van der Waals surface area contributed by atoms with E-state index in [1.165, 1.54) is 16.7 Å². The lowest BCUT2D eigenvalue weighted by molar-refractivity contribution is -0.125. The molecule has 8 nitrogen and oxygen atoms in total. The first-order valence-corrected chi connectivity index (χ1v) is 10.5. The molecular formula is C22H23N3O5S. The Bertz CT molecular complexity index is 1050. The molecule has 0 aliphatic rings. The molecule has 0 N–H and O–H groups in total. The first-order chi connectivity index (χ1) is 14.9. The minimum Gasteiger partial charge on any atom is -0.497 e. The van der Waals surface area contributed by atoms with Gasteiger partial charge in [0.25, 0.3) is 5.89 Å². The monoisotopic (exact) mass is 441 g/mol. The van der Waals surface area contributed by atoms with Crippen LogP contribution in [0.4, 0.5) is 0 Å². The van der Waals surface area contributed by atoms with Gasteiger partial charge in [0.05, 0.1) is 18.4 Å². The Hall–Kier alpha value is -3.33. The second-order valence-electron chi connectivity index (χ2n) is 6.79. The quantitative estimate of drug-likeness (QED) is 0.384. The molecule has 0 saturated heterocycles. The summed E-state index contributed by atoms with van der Waals surface area (Å²) in [6.07, 6.45) is -0.742. The molecule has 1 amide bonds. The van der Waals surface area contributed by atoms with Crippen molar-refractivity contribution in [3.8, 4) is 17.2 Å². The Kier molecular flexibility index (Phi) is 7.30. The summed E-state index contributed by atoms with van der Waals surface area (Å²) < 4.78 is 16.4. The van der Waals surface area contributed by atoms with Crippen molar-refractivity contribution in [1.29, 1.82) is 0 Å². The van der Waals surface area contributed by atoms with E-state index in [4.69, 9.17) is 13.9 Å². The smallest absolute Gasteiger partial charge is 0.340 e. The number of carbonyl (C=O) groups excluding carboxylic acids is 2. The van der Waals surface area contributed by atoms with Crippen LogP contribution >= 0.6 is 11.8 Å². The molecule has 1 unspecified atom stereocenters. The Morgan fingerprint density at radius 2 is 1.81 bits per heavy atom. The van der Waals surface area contributed by atoms with Gasteiger partial charge in [0.2, 0.25) is 11.8 Å². The van der Waals surface area contributed by atoms with Gasteiger partial charge in [-0.1, -0.05) is 12.1 Å². The van der Waals surface area contributed by atoms with Crippen molar-refractivity contribution < 1.29 is 23.5 Å². The number of benzene rings is 2. The highest BCUT2D eigenvalue weighted by Gasteiger charge is 2.22. The van der Waals surface area contributed by atoms with E-state index in [1.54, 1.807) is 70.6 Å². The van der Waals surface area contributed by atoms with Gasteiger partial charge in [-0.05, 0) is 43.3 Å². The predicted octanol–water partition coefficient (Wildman–Crippen LogP) is 3.84. The number of hydrogen-bond acceptors (Lipinski definition) is 8. The van der Waals surface area contributed by atoms with E-state index in [0.717, 1.165) is 11.3 Å². The summed E-state index contributed by atoms with van der Waals surface area (Å²) >= 11 is 1.29. The van der Waals surface area contributed by atoms with Crippen LogP contribution in [0.15, 0.2) is 57.8 Å². The molecule has 2 aromatic carbocycles. The largest absolute Gasteiger partial charge is 0.497 e. The van der Waals surface area contributed by atoms with E-state index >= 15 is 0 Å². The maximum absolute atomic E-state index is 12.7. The Morgan fingerprint density at radius 3 is 2.48 bits per heavy atom. The first-order valence-electron chi connectivity index (χ1n) is 9.50. The molecule has 0 bridgehead atoms. The van der Waals surface area contributed by atoms with Crippen molar-refractivity contribution in [2.24, 2.45) is 0 Å². The van der Waals surface area contributed by atoms with Crippen LogP contribution in [-0.2, 0) is 9.53 Å². The summed E-state index contributed by atoms with van der Waals surface area (Å²) in [4.78, 5) is 26.8. The molecule has 3 aromatic rings. The number of ether oxygens (including phenoxy) is 2. The third kappa shape index (κ3) is 5.64. The average molecular weight is 442 g/mol. The number of rotatable bonds is 8. The molecule has 1 aromatic heterocycles. The fourth-order valence-corrected chi connectivity index (χ4v) is 3.57. The number of aromatic nitrogens is 2. The van der Waals surface area contributed by atoms with Crippen LogP contribution in [0.1, 0.15) is 29.3 Å². The Morgan fingerprint density at radius 1 is 1.10 bits per heavy atom. The second kappa shape index (κ2) is 10.1. The molecule has 0 spiro atoms. The van der Waals surface area contributed by atoms with E-state index in [0.29, 0.717) is 16.3 Å². The highest BCUT2D eigenvalue weighted by atomic mass is 32.2. The van der Waals surface area contributed by atoms with Crippen LogP contribution in [0.5, 0.6) is 5.75 Å². The van der Waals surface area contributed by atoms with Crippen LogP contribution in [0.2, 0.25) is 0 Å². The van der Waals surface area contributed by atoms with Gasteiger partial charge in [-0.2, -0.15) is 0 Å². The van der Waals surface area contributed by atoms with Gasteiger partial charge in [-0.25, -0.2) is 4.79 Å². The maximum atomic E-state index is 12.7. The van der Waals surface area contributed by atoms with Crippen molar-refractivity contribution in [2.45, 2.75) is 17.9 Å². The molecule has 0 fully saturated rings. The highest BCUT2D eigenvalue weighted by molar-refractivity contribution is 8.00. The maximum Gasteiger partial charge on any atom is 0.340 e. The number of carbonyl (C=O) groups is 2. The van der Waals surface area contributed by atoms with E-state index in [1.807, 2.05) is 6.07 Å². The second-order valence-corrected chi connectivity index (χ2v) is 7.81. The molecule has 1 heterocycles. The molecule has 162 valence electrons. The normalized spacial score (nSPS) is 11.6. The van der Waals surface area contributed by atoms with Crippen LogP contribution in [-0.4, -0.2) is 53.9 Å². The number of methoxy groups -OCH3 is 1. The predicted molar refractivity (Wildman–Crippen MR) is 116 cm³/mol. The number of thioether (sulfide) groups is 1. The molecule has 1 atom stereocenters. The third-order valence-corrected chi connectivity index (χ3v) is 5.42. The number of hydrogen-bond donors (Lipinski definition) is 0. The summed E-state index contributed by atoms with van der Waals surface area (Å²) in [7, 11) is 4.97. The van der Waals surface area contributed by atoms with Crippen molar-refractivity contribution in [2.75, 3.05) is 27.0 Å². The van der Waals surface area contributed by atoms with Crippen molar-refractivity contribution in [3.05, 3.63) is 60.0 Å². The van der Waals surface area contributed by atoms with Gasteiger partial charge in [-0.15, -0.1) is 22.0 Å². The summed E-state index contributed by atoms with van der Waals surface area (Å²) in [6.45, 7) is 1.66. The van der Waals surface area contributed by atoms with Gasteiger partial charge in [0.15, 0.2) is 6.10 Å². The fraction of sp³-hybridized carbons (Fsp3) is 0.273. The lowest BCUT2D eigenvalue weighted by Crippen LogP contribution is -2.23. The molecule has 9 heteroatoms. The summed E-state index contributed by atoms with van der Waals surface area (Å²) in [6, 6.07) is 14.2. The van der Waals surface area contributed by atoms with Gasteiger partial charge in [0.1, 0.15) is 5.75 Å². The number of nitrogens with zero attached hydrogens (tertiary/aromatic N) is 3. The summed E-state index contributed by atoms with van der Waals surface area (Å²) in [5.41, 5.74) is 1.10. The van der Waals surface area contributed by atoms with Gasteiger partial charge in [-0.3, -0.25) is 4.79 Å². The van der Waals surface area contributed by atoms with Crippen molar-refractivity contribution in [1.82, 2.24) is 15.1 Å². The van der Waals surface area contributed by atoms with Crippen molar-refractivity contribution >= 4 is 23.6 Å². The summed E-state index contributed by atoms with van der Waals surface area (Å²) in [5.74, 6) is 0.873. The first kappa shape index (κ1) is 22.4. The van der Waals surface area contributed by atoms with Crippen molar-refractivity contribution in [3.63, 3.8) is 0 Å². The van der Waals surface area contributed by atoms with Gasteiger partial charge < -0.3 is 18.8 Å². The molecule has 0 aliphatic heterocycles. The highest BCUT2D eigenvalue weighted by Crippen LogP contribution is 2.27. The van der Waals surface area contributed by atoms with E-state index < -0.39 is 12.1 Å². The van der Waals surface area contributed by atoms with E-state index in [-0.39, 0.29) is 17.6 Å². The number of amides is 1. The van der Waals surface area contributed by atoms with Gasteiger partial charge in [0, 0.05) is 24.6 Å². The zero-order chi connectivity index (χ0) is 22.4. The minimum atomic E-state index is -0.742. The van der Waals surface area contributed by atoms with Crippen LogP contribution in [0.3, 0.4) is 0 Å². The molecule has 3 rings (SSSR count). The lowest BCUT2D eigenvalue weighted by Gasteiger charge is -2.13. The minimum absolute atomic E-state index is 0.0431. The fourth-order valence-electron chi connectivity index (χ4n) is 2.55. The van der Waals surface area contributed by atoms with Crippen LogP contribution in [0.25, 0.3) is 11.5 Å². The summed E-state index contributed by atoms with van der Waals surface area (Å²) in [5, 5.41) is 8.03. The molecule has 0 radical (unpaired) electrons. The van der Waals surface area contributed by atoms with Crippen LogP contribution < -0.4 is 4.74 Å². The van der Waals surface area contributed by atoms with E-state index in [9.17, 15) is 9.59 Å². The Labute approximate surface area is 184 Å². The number of esters is 1. The van der Waals surface area contributed by atoms with E-state index in [2.05, 4.69) is 10.2 Å². The molecule has 0 saturated carbocycles. The molecule has 31 heavy (non-hydrogen) atoms.